The number of hydrogen-bond acceptors (Lipinski definition) is 3. The van der Waals surface area contributed by atoms with Gasteiger partial charge in [-0.25, -0.2) is 8.78 Å². The number of benzene rings is 2. The van der Waals surface area contributed by atoms with Crippen LogP contribution in [0.3, 0.4) is 0 Å². The lowest BCUT2D eigenvalue weighted by Crippen LogP contribution is -2.47. The number of carbonyl (C=O) groups is 1. The van der Waals surface area contributed by atoms with Crippen LogP contribution in [0.5, 0.6) is 0 Å². The first-order valence-corrected chi connectivity index (χ1v) is 13.6. The highest BCUT2D eigenvalue weighted by Gasteiger charge is 2.40. The molecule has 2 aromatic carbocycles. The highest BCUT2D eigenvalue weighted by atomic mass is 19.1. The molecule has 1 saturated carbocycles. The molecule has 4 aromatic rings. The summed E-state index contributed by atoms with van der Waals surface area (Å²) in [7, 11) is 1.72. The number of nitrogens with one attached hydrogen (secondary N) is 1. The van der Waals surface area contributed by atoms with Crippen LogP contribution >= 0.6 is 0 Å². The third-order valence-corrected chi connectivity index (χ3v) is 8.14. The van der Waals surface area contributed by atoms with Gasteiger partial charge < -0.3 is 19.4 Å². The second-order valence-electron chi connectivity index (χ2n) is 10.9. The topological polar surface area (TPSA) is 59.3 Å². The number of pyridine rings is 1. The van der Waals surface area contributed by atoms with Crippen LogP contribution < -0.4 is 10.9 Å². The number of halogens is 2. The molecule has 1 N–H and O–H groups in total. The van der Waals surface area contributed by atoms with E-state index in [0.29, 0.717) is 25.0 Å². The van der Waals surface area contributed by atoms with E-state index in [-0.39, 0.29) is 41.0 Å². The van der Waals surface area contributed by atoms with Gasteiger partial charge in [0.25, 0.3) is 5.56 Å². The lowest BCUT2D eigenvalue weighted by Gasteiger charge is -2.35. The van der Waals surface area contributed by atoms with Crippen molar-refractivity contribution in [2.75, 3.05) is 13.1 Å². The molecular formula is C31H32F2N4O2. The minimum absolute atomic E-state index is 0.0396. The maximum absolute atomic E-state index is 15.2. The third kappa shape index (κ3) is 5.13. The van der Waals surface area contributed by atoms with Gasteiger partial charge in [-0.05, 0) is 78.7 Å². The van der Waals surface area contributed by atoms with Crippen molar-refractivity contribution in [3.63, 3.8) is 0 Å². The van der Waals surface area contributed by atoms with E-state index in [1.54, 1.807) is 31.4 Å². The number of nitrogens with zero attached hydrogens (tertiary/aromatic N) is 3. The molecule has 8 heteroatoms. The summed E-state index contributed by atoms with van der Waals surface area (Å²) in [5.41, 5.74) is 3.05. The number of aryl methyl sites for hydroxylation is 1. The van der Waals surface area contributed by atoms with Crippen LogP contribution in [-0.4, -0.2) is 39.1 Å². The molecule has 1 amide bonds. The third-order valence-electron chi connectivity index (χ3n) is 8.14. The molecule has 6 nitrogen and oxygen atoms in total. The van der Waals surface area contributed by atoms with Crippen molar-refractivity contribution in [1.29, 1.82) is 0 Å². The molecule has 0 bridgehead atoms. The van der Waals surface area contributed by atoms with Crippen molar-refractivity contribution >= 4 is 16.8 Å². The summed E-state index contributed by atoms with van der Waals surface area (Å²) in [5, 5.41) is 3.87. The first-order chi connectivity index (χ1) is 18.9. The lowest BCUT2D eigenvalue weighted by molar-refractivity contribution is -0.138. The van der Waals surface area contributed by atoms with Gasteiger partial charge in [-0.1, -0.05) is 18.2 Å². The number of fused-ring (bicyclic) bond motifs is 1. The van der Waals surface area contributed by atoms with Gasteiger partial charge in [-0.3, -0.25) is 9.59 Å². The summed E-state index contributed by atoms with van der Waals surface area (Å²) in [6.45, 7) is 2.02. The fraction of sp³-hybridized carbons (Fsp3) is 0.355. The van der Waals surface area contributed by atoms with Gasteiger partial charge in [0.2, 0.25) is 5.91 Å². The van der Waals surface area contributed by atoms with Crippen molar-refractivity contribution in [1.82, 2.24) is 19.4 Å². The summed E-state index contributed by atoms with van der Waals surface area (Å²) in [6, 6.07) is 15.1. The molecular weight excluding hydrogens is 498 g/mol. The summed E-state index contributed by atoms with van der Waals surface area (Å²) < 4.78 is 32.5. The van der Waals surface area contributed by atoms with E-state index < -0.39 is 0 Å². The molecule has 39 heavy (non-hydrogen) atoms. The van der Waals surface area contributed by atoms with Crippen LogP contribution in [0.15, 0.2) is 71.8 Å². The molecule has 2 atom stereocenters. The summed E-state index contributed by atoms with van der Waals surface area (Å²) >= 11 is 0. The van der Waals surface area contributed by atoms with Crippen molar-refractivity contribution in [3.05, 3.63) is 106 Å². The zero-order valence-corrected chi connectivity index (χ0v) is 21.9. The Kier molecular flexibility index (Phi) is 6.81. The Labute approximate surface area is 225 Å². The Morgan fingerprint density at radius 2 is 1.90 bits per heavy atom. The molecule has 1 saturated heterocycles. The predicted octanol–water partition coefficient (Wildman–Crippen LogP) is 4.55. The van der Waals surface area contributed by atoms with Crippen LogP contribution in [0.1, 0.15) is 41.9 Å². The molecule has 1 aliphatic carbocycles. The lowest BCUT2D eigenvalue weighted by atomic mass is 9.80. The fourth-order valence-electron chi connectivity index (χ4n) is 5.96. The minimum atomic E-state index is -0.332. The molecule has 2 fully saturated rings. The minimum Gasteiger partial charge on any atom is -0.343 e. The largest absolute Gasteiger partial charge is 0.343 e. The zero-order chi connectivity index (χ0) is 27.1. The zero-order valence-electron chi connectivity index (χ0n) is 21.9. The highest BCUT2D eigenvalue weighted by molar-refractivity contribution is 5.86. The van der Waals surface area contributed by atoms with Gasteiger partial charge in [0.1, 0.15) is 11.6 Å². The van der Waals surface area contributed by atoms with Crippen LogP contribution in [0, 0.1) is 17.6 Å². The smallest absolute Gasteiger partial charge is 0.250 e. The average molecular weight is 531 g/mol. The van der Waals surface area contributed by atoms with Gasteiger partial charge in [0.15, 0.2) is 0 Å². The number of aromatic nitrogens is 2. The van der Waals surface area contributed by atoms with Crippen LogP contribution in [-0.2, 0) is 24.9 Å². The normalized spacial score (nSPS) is 19.4. The van der Waals surface area contributed by atoms with Gasteiger partial charge >= 0.3 is 0 Å². The molecule has 2 aliphatic rings. The summed E-state index contributed by atoms with van der Waals surface area (Å²) in [5.74, 6) is -0.969. The van der Waals surface area contributed by atoms with Gasteiger partial charge in [-0.2, -0.15) is 0 Å². The number of rotatable bonds is 7. The predicted molar refractivity (Wildman–Crippen MR) is 146 cm³/mol. The second kappa shape index (κ2) is 10.4. The van der Waals surface area contributed by atoms with E-state index in [4.69, 9.17) is 0 Å². The maximum Gasteiger partial charge on any atom is 0.250 e. The van der Waals surface area contributed by atoms with Gasteiger partial charge in [-0.15, -0.1) is 0 Å². The van der Waals surface area contributed by atoms with Gasteiger partial charge in [0.05, 0.1) is 11.4 Å². The standard InChI is InChI=1S/C31H32F2N4O2/c1-35-13-11-21(15-29(35)38)25-10-12-34-16-26(25)31(39)37(24-8-9-24)19-22-18-36(17-20-4-2-5-23(32)14-20)28-7-3-6-27(33)30(22)28/h2-7,11,13-15,18,24-26,34H,8-10,12,16-17,19H2,1H3/t25-,26+/m0/s1. The van der Waals surface area contributed by atoms with E-state index in [2.05, 4.69) is 5.32 Å². The van der Waals surface area contributed by atoms with Crippen LogP contribution in [0.2, 0.25) is 0 Å². The van der Waals surface area contributed by atoms with Crippen LogP contribution in [0.25, 0.3) is 10.9 Å². The Morgan fingerprint density at radius 3 is 2.67 bits per heavy atom. The molecule has 2 aromatic heterocycles. The van der Waals surface area contributed by atoms with Crippen molar-refractivity contribution in [3.8, 4) is 0 Å². The average Bonchev–Trinajstić information content (AvgIpc) is 3.71. The fourth-order valence-corrected chi connectivity index (χ4v) is 5.96. The number of amides is 1. The molecule has 0 spiro atoms. The van der Waals surface area contributed by atoms with Crippen molar-refractivity contribution in [2.24, 2.45) is 13.0 Å². The Hall–Kier alpha value is -3.78. The monoisotopic (exact) mass is 530 g/mol. The number of hydrogen-bond donors (Lipinski definition) is 1. The number of piperidine rings is 1. The van der Waals surface area contributed by atoms with E-state index in [9.17, 15) is 14.0 Å². The van der Waals surface area contributed by atoms with E-state index in [0.717, 1.165) is 48.0 Å². The number of carbonyl (C=O) groups excluding carboxylic acids is 1. The molecule has 1 aliphatic heterocycles. The molecule has 202 valence electrons. The van der Waals surface area contributed by atoms with E-state index in [1.807, 2.05) is 33.9 Å². The van der Waals surface area contributed by atoms with E-state index in [1.165, 1.54) is 22.8 Å². The SMILES string of the molecule is Cn1ccc([C@@H]2CCNC[C@H]2C(=O)N(Cc2cn(Cc3cccc(F)c3)c3cccc(F)c23)C2CC2)cc1=O. The summed E-state index contributed by atoms with van der Waals surface area (Å²) in [4.78, 5) is 28.4. The summed E-state index contributed by atoms with van der Waals surface area (Å²) in [6.07, 6.45) is 6.28. The Morgan fingerprint density at radius 1 is 1.08 bits per heavy atom. The molecule has 0 unspecified atom stereocenters. The van der Waals surface area contributed by atoms with Gasteiger partial charge in [0, 0.05) is 56.6 Å². The highest BCUT2D eigenvalue weighted by Crippen LogP contribution is 2.37. The first kappa shape index (κ1) is 25.5. The molecule has 0 radical (unpaired) electrons. The molecule has 6 rings (SSSR count). The Balaban J connectivity index is 1.33. The first-order valence-electron chi connectivity index (χ1n) is 13.6. The van der Waals surface area contributed by atoms with Crippen molar-refractivity contribution in [2.45, 2.75) is 44.3 Å². The van der Waals surface area contributed by atoms with E-state index >= 15 is 4.39 Å². The second-order valence-corrected chi connectivity index (χ2v) is 10.9. The maximum atomic E-state index is 15.2. The molecule has 3 heterocycles. The van der Waals surface area contributed by atoms with Crippen molar-refractivity contribution < 1.29 is 13.6 Å². The quantitative estimate of drug-likeness (QED) is 0.382. The Bertz CT molecular complexity index is 1590. The van der Waals surface area contributed by atoms with Crippen LogP contribution in [0.4, 0.5) is 8.78 Å².